The largest absolute Gasteiger partial charge is 0.459 e. The molecule has 0 aromatic carbocycles. The Balaban J connectivity index is 1.51. The molecule has 0 saturated carbocycles. The predicted molar refractivity (Wildman–Crippen MR) is 101 cm³/mol. The van der Waals surface area contributed by atoms with Crippen molar-refractivity contribution < 1.29 is 23.9 Å². The molecule has 3 saturated heterocycles. The lowest BCUT2D eigenvalue weighted by Gasteiger charge is -2.51. The number of carbonyl (C=O) groups is 3. The first kappa shape index (κ1) is 19.2. The Morgan fingerprint density at radius 3 is 1.76 bits per heavy atom. The van der Waals surface area contributed by atoms with Crippen molar-refractivity contribution in [2.75, 3.05) is 26.3 Å². The number of hydrogen-bond donors (Lipinski definition) is 0. The average Bonchev–Trinajstić information content (AvgIpc) is 2.79. The number of aromatic nitrogens is 2. The van der Waals surface area contributed by atoms with Crippen LogP contribution in [0, 0.1) is 5.92 Å². The molecule has 2 aromatic heterocycles. The molecule has 29 heavy (non-hydrogen) atoms. The SMILES string of the molecule is O=C(OCC1(COC(=O)c2ccncc2)C(=O)C2CCN1CC2)c1ccncc1. The fraction of sp³-hybridized carbons (Fsp3) is 0.381. The summed E-state index contributed by atoms with van der Waals surface area (Å²) in [6.07, 6.45) is 7.55. The number of pyridine rings is 2. The monoisotopic (exact) mass is 395 g/mol. The zero-order chi connectivity index (χ0) is 20.3. The van der Waals surface area contributed by atoms with Crippen LogP contribution in [0.1, 0.15) is 33.6 Å². The maximum atomic E-state index is 13.2. The van der Waals surface area contributed by atoms with Gasteiger partial charge in [-0.15, -0.1) is 0 Å². The van der Waals surface area contributed by atoms with Gasteiger partial charge >= 0.3 is 11.9 Å². The summed E-state index contributed by atoms with van der Waals surface area (Å²) in [4.78, 5) is 47.7. The van der Waals surface area contributed by atoms with Crippen LogP contribution in [-0.4, -0.2) is 64.4 Å². The summed E-state index contributed by atoms with van der Waals surface area (Å²) >= 11 is 0. The topological polar surface area (TPSA) is 98.7 Å². The summed E-state index contributed by atoms with van der Waals surface area (Å²) in [6, 6.07) is 6.20. The molecular weight excluding hydrogens is 374 g/mol. The second-order valence-electron chi connectivity index (χ2n) is 7.28. The summed E-state index contributed by atoms with van der Waals surface area (Å²) in [6.45, 7) is 1.09. The van der Waals surface area contributed by atoms with Crippen LogP contribution in [-0.2, 0) is 14.3 Å². The Labute approximate surface area is 167 Å². The number of Topliss-reactive ketones (excluding diaryl/α,β-unsaturated/α-hetero) is 1. The van der Waals surface area contributed by atoms with Crippen molar-refractivity contribution in [3.63, 3.8) is 0 Å². The minimum atomic E-state index is -1.15. The Hall–Kier alpha value is -3.13. The van der Waals surface area contributed by atoms with E-state index in [4.69, 9.17) is 9.47 Å². The standard InChI is InChI=1S/C21H21N3O5/c25-18-15-5-11-24(12-6-15)21(18,13-28-19(26)16-1-7-22-8-2-16)14-29-20(27)17-3-9-23-10-4-17/h1-4,7-10,15H,5-6,11-14H2. The Morgan fingerprint density at radius 2 is 1.34 bits per heavy atom. The molecule has 0 N–H and O–H groups in total. The van der Waals surface area contributed by atoms with Gasteiger partial charge in [0.1, 0.15) is 18.8 Å². The van der Waals surface area contributed by atoms with E-state index in [1.807, 2.05) is 4.90 Å². The lowest BCUT2D eigenvalue weighted by Crippen LogP contribution is -2.69. The molecule has 0 spiro atoms. The molecule has 3 fully saturated rings. The highest BCUT2D eigenvalue weighted by atomic mass is 16.6. The summed E-state index contributed by atoms with van der Waals surface area (Å²) in [5.41, 5.74) is -0.438. The summed E-state index contributed by atoms with van der Waals surface area (Å²) in [5, 5.41) is 0. The first-order valence-electron chi connectivity index (χ1n) is 9.54. The quantitative estimate of drug-likeness (QED) is 0.679. The van der Waals surface area contributed by atoms with Crippen LogP contribution in [0.25, 0.3) is 0 Å². The molecule has 2 bridgehead atoms. The number of rotatable bonds is 6. The molecule has 0 radical (unpaired) electrons. The van der Waals surface area contributed by atoms with Gasteiger partial charge in [-0.3, -0.25) is 19.7 Å². The highest BCUT2D eigenvalue weighted by molar-refractivity contribution is 5.95. The van der Waals surface area contributed by atoms with Gasteiger partial charge in [-0.1, -0.05) is 0 Å². The fourth-order valence-electron chi connectivity index (χ4n) is 3.98. The van der Waals surface area contributed by atoms with E-state index < -0.39 is 17.5 Å². The number of fused-ring (bicyclic) bond motifs is 3. The predicted octanol–water partition coefficient (Wildman–Crippen LogP) is 1.52. The molecule has 0 aliphatic carbocycles. The molecule has 8 heteroatoms. The Bertz CT molecular complexity index is 840. The molecule has 5 heterocycles. The second-order valence-corrected chi connectivity index (χ2v) is 7.28. The van der Waals surface area contributed by atoms with Gasteiger partial charge in [0.05, 0.1) is 11.1 Å². The van der Waals surface area contributed by atoms with Crippen LogP contribution in [0.4, 0.5) is 0 Å². The maximum Gasteiger partial charge on any atom is 0.338 e. The van der Waals surface area contributed by atoms with Crippen molar-refractivity contribution in [2.45, 2.75) is 18.4 Å². The molecular formula is C21H21N3O5. The number of piperidine rings is 3. The van der Waals surface area contributed by atoms with Gasteiger partial charge in [0.15, 0.2) is 5.78 Å². The van der Waals surface area contributed by atoms with E-state index in [1.165, 1.54) is 24.8 Å². The number of ether oxygens (including phenoxy) is 2. The van der Waals surface area contributed by atoms with Gasteiger partial charge in [0.25, 0.3) is 0 Å². The van der Waals surface area contributed by atoms with Crippen LogP contribution in [0.15, 0.2) is 49.1 Å². The second kappa shape index (κ2) is 8.08. The van der Waals surface area contributed by atoms with Crippen molar-refractivity contribution >= 4 is 17.7 Å². The van der Waals surface area contributed by atoms with Crippen LogP contribution >= 0.6 is 0 Å². The van der Waals surface area contributed by atoms with Gasteiger partial charge in [0.2, 0.25) is 0 Å². The summed E-state index contributed by atoms with van der Waals surface area (Å²) in [7, 11) is 0. The molecule has 3 aliphatic rings. The third-order valence-corrected chi connectivity index (χ3v) is 5.65. The van der Waals surface area contributed by atoms with E-state index in [0.717, 1.165) is 12.8 Å². The molecule has 0 unspecified atom stereocenters. The van der Waals surface area contributed by atoms with Crippen molar-refractivity contribution in [3.05, 3.63) is 60.2 Å². The molecule has 0 amide bonds. The van der Waals surface area contributed by atoms with E-state index in [-0.39, 0.29) is 24.9 Å². The Morgan fingerprint density at radius 1 is 0.897 bits per heavy atom. The van der Waals surface area contributed by atoms with Gasteiger partial charge in [0, 0.05) is 43.8 Å². The average molecular weight is 395 g/mol. The van der Waals surface area contributed by atoms with E-state index >= 15 is 0 Å². The highest BCUT2D eigenvalue weighted by Gasteiger charge is 2.55. The minimum Gasteiger partial charge on any atom is -0.459 e. The Kier molecular flexibility index (Phi) is 5.35. The van der Waals surface area contributed by atoms with Crippen molar-refractivity contribution in [3.8, 4) is 0 Å². The molecule has 150 valence electrons. The molecule has 3 aliphatic heterocycles. The van der Waals surface area contributed by atoms with E-state index in [2.05, 4.69) is 9.97 Å². The van der Waals surface area contributed by atoms with E-state index in [1.54, 1.807) is 24.3 Å². The van der Waals surface area contributed by atoms with Crippen LogP contribution in [0.3, 0.4) is 0 Å². The number of carbonyl (C=O) groups excluding carboxylic acids is 3. The van der Waals surface area contributed by atoms with Crippen LogP contribution in [0.2, 0.25) is 0 Å². The van der Waals surface area contributed by atoms with Crippen molar-refractivity contribution in [2.24, 2.45) is 5.92 Å². The highest BCUT2D eigenvalue weighted by Crippen LogP contribution is 2.37. The van der Waals surface area contributed by atoms with Crippen molar-refractivity contribution in [1.82, 2.24) is 14.9 Å². The zero-order valence-corrected chi connectivity index (χ0v) is 15.8. The number of hydrogen-bond acceptors (Lipinski definition) is 8. The number of nitrogens with zero attached hydrogens (tertiary/aromatic N) is 3. The van der Waals surface area contributed by atoms with Crippen molar-refractivity contribution in [1.29, 1.82) is 0 Å². The normalized spacial score (nSPS) is 22.1. The fourth-order valence-corrected chi connectivity index (χ4v) is 3.98. The summed E-state index contributed by atoms with van der Waals surface area (Å²) in [5.74, 6) is -1.20. The maximum absolute atomic E-state index is 13.2. The van der Waals surface area contributed by atoms with E-state index in [0.29, 0.717) is 24.2 Å². The van der Waals surface area contributed by atoms with Crippen LogP contribution < -0.4 is 0 Å². The van der Waals surface area contributed by atoms with Crippen LogP contribution in [0.5, 0.6) is 0 Å². The van der Waals surface area contributed by atoms with Gasteiger partial charge in [-0.2, -0.15) is 0 Å². The van der Waals surface area contributed by atoms with E-state index in [9.17, 15) is 14.4 Å². The zero-order valence-electron chi connectivity index (χ0n) is 15.8. The summed E-state index contributed by atoms with van der Waals surface area (Å²) < 4.78 is 11.0. The number of ketones is 1. The molecule has 0 atom stereocenters. The first-order chi connectivity index (χ1) is 14.1. The third kappa shape index (κ3) is 3.75. The molecule has 2 aromatic rings. The van der Waals surface area contributed by atoms with Gasteiger partial charge in [-0.05, 0) is 37.1 Å². The smallest absolute Gasteiger partial charge is 0.338 e. The lowest BCUT2D eigenvalue weighted by atomic mass is 9.74. The molecule has 8 nitrogen and oxygen atoms in total. The molecule has 5 rings (SSSR count). The van der Waals surface area contributed by atoms with Gasteiger partial charge in [-0.25, -0.2) is 9.59 Å². The number of esters is 2. The van der Waals surface area contributed by atoms with Gasteiger partial charge < -0.3 is 9.47 Å². The minimum absolute atomic E-state index is 0.0277. The first-order valence-corrected chi connectivity index (χ1v) is 9.54. The third-order valence-electron chi connectivity index (χ3n) is 5.65. The lowest BCUT2D eigenvalue weighted by molar-refractivity contribution is -0.157.